The lowest BCUT2D eigenvalue weighted by atomic mass is 9.97. The molecular formula is C15H24N4O2. The molecular weight excluding hydrogens is 268 g/mol. The standard InChI is InChI=1S/C15H24N4O2/c1-15(2,3)8-16-13(20)11-12(18-9-17-11)14(21)19-10-6-4-5-7-10/h9-10H,4-8H2,1-3H3,(H,16,20)(H,17,18)(H,19,21). The molecule has 0 radical (unpaired) electrons. The first-order valence-electron chi connectivity index (χ1n) is 7.49. The second kappa shape index (κ2) is 6.28. The van der Waals surface area contributed by atoms with Gasteiger partial charge in [0, 0.05) is 12.6 Å². The van der Waals surface area contributed by atoms with Crippen LogP contribution in [0.4, 0.5) is 0 Å². The molecule has 0 unspecified atom stereocenters. The lowest BCUT2D eigenvalue weighted by molar-refractivity contribution is 0.0899. The Kier molecular flexibility index (Phi) is 4.65. The minimum absolute atomic E-state index is 0.0120. The summed E-state index contributed by atoms with van der Waals surface area (Å²) < 4.78 is 0. The average Bonchev–Trinajstić information content (AvgIpc) is 3.05. The summed E-state index contributed by atoms with van der Waals surface area (Å²) in [5, 5.41) is 5.77. The zero-order chi connectivity index (χ0) is 15.5. The topological polar surface area (TPSA) is 86.9 Å². The number of rotatable bonds is 4. The van der Waals surface area contributed by atoms with Crippen molar-refractivity contribution < 1.29 is 9.59 Å². The number of amides is 2. The summed E-state index contributed by atoms with van der Waals surface area (Å²) in [6, 6.07) is 0.208. The molecule has 1 saturated carbocycles. The van der Waals surface area contributed by atoms with Crippen molar-refractivity contribution in [2.75, 3.05) is 6.54 Å². The SMILES string of the molecule is CC(C)(C)CNC(=O)c1[nH]cnc1C(=O)NC1CCCC1. The van der Waals surface area contributed by atoms with Gasteiger partial charge in [-0.05, 0) is 18.3 Å². The fraction of sp³-hybridized carbons (Fsp3) is 0.667. The van der Waals surface area contributed by atoms with E-state index in [1.54, 1.807) is 0 Å². The number of hydrogen-bond donors (Lipinski definition) is 3. The van der Waals surface area contributed by atoms with E-state index in [1.807, 2.05) is 20.8 Å². The van der Waals surface area contributed by atoms with Gasteiger partial charge in [0.1, 0.15) is 5.69 Å². The van der Waals surface area contributed by atoms with Gasteiger partial charge in [-0.1, -0.05) is 33.6 Å². The summed E-state index contributed by atoms with van der Waals surface area (Å²) in [6.45, 7) is 6.64. The molecule has 0 spiro atoms. The Labute approximate surface area is 125 Å². The van der Waals surface area contributed by atoms with E-state index in [0.29, 0.717) is 6.54 Å². The van der Waals surface area contributed by atoms with Gasteiger partial charge in [0.05, 0.1) is 6.33 Å². The van der Waals surface area contributed by atoms with Gasteiger partial charge >= 0.3 is 0 Å². The highest BCUT2D eigenvalue weighted by molar-refractivity contribution is 6.04. The molecule has 0 saturated heterocycles. The van der Waals surface area contributed by atoms with Crippen LogP contribution in [-0.4, -0.2) is 34.4 Å². The maximum atomic E-state index is 12.2. The predicted molar refractivity (Wildman–Crippen MR) is 80.1 cm³/mol. The van der Waals surface area contributed by atoms with Gasteiger partial charge in [0.2, 0.25) is 0 Å². The van der Waals surface area contributed by atoms with Crippen molar-refractivity contribution in [1.82, 2.24) is 20.6 Å². The first-order chi connectivity index (χ1) is 9.87. The maximum absolute atomic E-state index is 12.2. The van der Waals surface area contributed by atoms with Gasteiger partial charge in [-0.25, -0.2) is 4.98 Å². The molecule has 0 aliphatic heterocycles. The summed E-state index contributed by atoms with van der Waals surface area (Å²) in [6.07, 6.45) is 5.67. The molecule has 1 aromatic heterocycles. The Bertz CT molecular complexity index is 510. The van der Waals surface area contributed by atoms with Crippen LogP contribution < -0.4 is 10.6 Å². The molecule has 2 rings (SSSR count). The molecule has 1 aliphatic carbocycles. The zero-order valence-corrected chi connectivity index (χ0v) is 13.0. The number of carbonyl (C=O) groups is 2. The highest BCUT2D eigenvalue weighted by Crippen LogP contribution is 2.18. The van der Waals surface area contributed by atoms with Crippen LogP contribution in [0.3, 0.4) is 0 Å². The normalized spacial score (nSPS) is 16.0. The number of H-pyrrole nitrogens is 1. The Morgan fingerprint density at radius 1 is 1.29 bits per heavy atom. The molecule has 0 aromatic carbocycles. The molecule has 1 aliphatic rings. The van der Waals surface area contributed by atoms with Gasteiger partial charge in [0.25, 0.3) is 11.8 Å². The number of hydrogen-bond acceptors (Lipinski definition) is 3. The molecule has 6 nitrogen and oxygen atoms in total. The highest BCUT2D eigenvalue weighted by atomic mass is 16.2. The fourth-order valence-corrected chi connectivity index (χ4v) is 2.40. The van der Waals surface area contributed by atoms with Crippen LogP contribution in [0.25, 0.3) is 0 Å². The predicted octanol–water partition coefficient (Wildman–Crippen LogP) is 1.86. The molecule has 1 aromatic rings. The van der Waals surface area contributed by atoms with Gasteiger partial charge < -0.3 is 15.6 Å². The summed E-state index contributed by atoms with van der Waals surface area (Å²) in [5.74, 6) is -0.567. The molecule has 6 heteroatoms. The number of carbonyl (C=O) groups excluding carboxylic acids is 2. The second-order valence-corrected chi connectivity index (χ2v) is 6.82. The van der Waals surface area contributed by atoms with E-state index < -0.39 is 0 Å². The molecule has 3 N–H and O–H groups in total. The number of nitrogens with one attached hydrogen (secondary N) is 3. The van der Waals surface area contributed by atoms with Crippen LogP contribution in [0.15, 0.2) is 6.33 Å². The van der Waals surface area contributed by atoms with Crippen molar-refractivity contribution in [2.24, 2.45) is 5.41 Å². The molecule has 116 valence electrons. The number of nitrogens with zero attached hydrogens (tertiary/aromatic N) is 1. The van der Waals surface area contributed by atoms with Crippen LogP contribution in [0.5, 0.6) is 0 Å². The van der Waals surface area contributed by atoms with Crippen molar-refractivity contribution in [3.05, 3.63) is 17.7 Å². The second-order valence-electron chi connectivity index (χ2n) is 6.82. The summed E-state index contributed by atoms with van der Waals surface area (Å²) >= 11 is 0. The Morgan fingerprint density at radius 3 is 2.57 bits per heavy atom. The van der Waals surface area contributed by atoms with Crippen LogP contribution in [0.1, 0.15) is 67.4 Å². The Morgan fingerprint density at radius 2 is 1.95 bits per heavy atom. The molecule has 1 fully saturated rings. The number of aromatic amines is 1. The third-order valence-corrected chi connectivity index (χ3v) is 3.55. The summed E-state index contributed by atoms with van der Waals surface area (Å²) in [7, 11) is 0. The van der Waals surface area contributed by atoms with Gasteiger partial charge in [-0.3, -0.25) is 9.59 Å². The first-order valence-corrected chi connectivity index (χ1v) is 7.49. The van der Waals surface area contributed by atoms with Crippen LogP contribution in [-0.2, 0) is 0 Å². The van der Waals surface area contributed by atoms with E-state index in [2.05, 4.69) is 20.6 Å². The molecule has 0 atom stereocenters. The molecule has 2 amide bonds. The fourth-order valence-electron chi connectivity index (χ4n) is 2.40. The summed E-state index contributed by atoms with van der Waals surface area (Å²) in [5.41, 5.74) is 0.394. The monoisotopic (exact) mass is 292 g/mol. The largest absolute Gasteiger partial charge is 0.350 e. The minimum atomic E-state index is -0.293. The average molecular weight is 292 g/mol. The van der Waals surface area contributed by atoms with Gasteiger partial charge in [0.15, 0.2) is 5.69 Å². The first kappa shape index (κ1) is 15.5. The molecule has 0 bridgehead atoms. The Hall–Kier alpha value is -1.85. The van der Waals surface area contributed by atoms with E-state index in [0.717, 1.165) is 25.7 Å². The van der Waals surface area contributed by atoms with Crippen LogP contribution >= 0.6 is 0 Å². The van der Waals surface area contributed by atoms with Crippen molar-refractivity contribution in [2.45, 2.75) is 52.5 Å². The van der Waals surface area contributed by atoms with Crippen LogP contribution in [0, 0.1) is 5.41 Å². The van der Waals surface area contributed by atoms with E-state index in [4.69, 9.17) is 0 Å². The number of imidazole rings is 1. The lowest BCUT2D eigenvalue weighted by Crippen LogP contribution is -2.36. The number of aromatic nitrogens is 2. The van der Waals surface area contributed by atoms with Gasteiger partial charge in [-0.15, -0.1) is 0 Å². The van der Waals surface area contributed by atoms with Crippen molar-refractivity contribution in [3.63, 3.8) is 0 Å². The lowest BCUT2D eigenvalue weighted by Gasteiger charge is -2.18. The van der Waals surface area contributed by atoms with Crippen LogP contribution in [0.2, 0.25) is 0 Å². The van der Waals surface area contributed by atoms with E-state index in [9.17, 15) is 9.59 Å². The minimum Gasteiger partial charge on any atom is -0.350 e. The third kappa shape index (κ3) is 4.31. The van der Waals surface area contributed by atoms with E-state index in [-0.39, 0.29) is 34.7 Å². The van der Waals surface area contributed by atoms with E-state index >= 15 is 0 Å². The zero-order valence-electron chi connectivity index (χ0n) is 13.0. The summed E-state index contributed by atoms with van der Waals surface area (Å²) in [4.78, 5) is 31.1. The third-order valence-electron chi connectivity index (χ3n) is 3.55. The Balaban J connectivity index is 2.00. The van der Waals surface area contributed by atoms with Crippen molar-refractivity contribution in [1.29, 1.82) is 0 Å². The smallest absolute Gasteiger partial charge is 0.272 e. The van der Waals surface area contributed by atoms with Gasteiger partial charge in [-0.2, -0.15) is 0 Å². The van der Waals surface area contributed by atoms with E-state index in [1.165, 1.54) is 6.33 Å². The molecule has 1 heterocycles. The maximum Gasteiger partial charge on any atom is 0.272 e. The van der Waals surface area contributed by atoms with Crippen molar-refractivity contribution in [3.8, 4) is 0 Å². The highest BCUT2D eigenvalue weighted by Gasteiger charge is 2.24. The quantitative estimate of drug-likeness (QED) is 0.791. The molecule has 21 heavy (non-hydrogen) atoms. The van der Waals surface area contributed by atoms with Crippen molar-refractivity contribution >= 4 is 11.8 Å².